The number of phenols is 1. The van der Waals surface area contributed by atoms with Crippen LogP contribution in [0.5, 0.6) is 11.5 Å². The van der Waals surface area contributed by atoms with Crippen LogP contribution in [0.3, 0.4) is 0 Å². The van der Waals surface area contributed by atoms with Crippen molar-refractivity contribution in [3.05, 3.63) is 54.2 Å². The Kier molecular flexibility index (Phi) is 6.49. The van der Waals surface area contributed by atoms with E-state index >= 15 is 0 Å². The molecular formula is C17H18Cl2N2O2. The predicted octanol–water partition coefficient (Wildman–Crippen LogP) is 4.84. The second-order valence-electron chi connectivity index (χ2n) is 4.87. The number of hydrogen-bond acceptors (Lipinski definition) is 4. The maximum Gasteiger partial charge on any atom is 0.119 e. The summed E-state index contributed by atoms with van der Waals surface area (Å²) in [5.41, 5.74) is 3.58. The van der Waals surface area contributed by atoms with E-state index in [-0.39, 0.29) is 30.6 Å². The number of aromatic nitrogens is 1. The molecule has 3 aromatic rings. The molecule has 0 radical (unpaired) electrons. The average Bonchev–Trinajstić information content (AvgIpc) is 2.47. The van der Waals surface area contributed by atoms with E-state index in [1.807, 2.05) is 37.3 Å². The smallest absolute Gasteiger partial charge is 0.119 e. The van der Waals surface area contributed by atoms with Crippen molar-refractivity contribution >= 4 is 47.1 Å². The number of hydrogen-bond donors (Lipinski definition) is 2. The molecule has 122 valence electrons. The normalized spacial score (nSPS) is 9.65. The van der Waals surface area contributed by atoms with Gasteiger partial charge in [-0.05, 0) is 43.3 Å². The number of ether oxygens (including phenoxy) is 1. The van der Waals surface area contributed by atoms with Crippen LogP contribution in [0.2, 0.25) is 0 Å². The molecule has 6 heteroatoms. The molecule has 1 aromatic heterocycles. The fourth-order valence-corrected chi connectivity index (χ4v) is 2.31. The minimum absolute atomic E-state index is 0. The number of methoxy groups -OCH3 is 1. The molecule has 0 amide bonds. The Morgan fingerprint density at radius 2 is 1.83 bits per heavy atom. The third kappa shape index (κ3) is 4.18. The molecule has 0 saturated heterocycles. The van der Waals surface area contributed by atoms with Crippen LogP contribution < -0.4 is 10.1 Å². The Labute approximate surface area is 147 Å². The lowest BCUT2D eigenvalue weighted by Gasteiger charge is -2.12. The van der Waals surface area contributed by atoms with Gasteiger partial charge in [0, 0.05) is 28.5 Å². The monoisotopic (exact) mass is 352 g/mol. The first-order chi connectivity index (χ1) is 10.2. The van der Waals surface area contributed by atoms with Crippen LogP contribution in [0.25, 0.3) is 10.9 Å². The number of halogens is 2. The zero-order chi connectivity index (χ0) is 14.8. The van der Waals surface area contributed by atoms with E-state index in [2.05, 4.69) is 10.3 Å². The lowest BCUT2D eigenvalue weighted by Crippen LogP contribution is -1.95. The number of aromatic hydroxyl groups is 1. The summed E-state index contributed by atoms with van der Waals surface area (Å²) in [6, 6.07) is 14.8. The summed E-state index contributed by atoms with van der Waals surface area (Å²) < 4.78 is 5.28. The van der Waals surface area contributed by atoms with Crippen molar-refractivity contribution < 1.29 is 9.84 Å². The highest BCUT2D eigenvalue weighted by Crippen LogP contribution is 2.30. The number of nitrogens with one attached hydrogen (secondary N) is 1. The number of fused-ring (bicyclic) bond motifs is 1. The fourth-order valence-electron chi connectivity index (χ4n) is 2.31. The Morgan fingerprint density at radius 1 is 1.04 bits per heavy atom. The van der Waals surface area contributed by atoms with E-state index in [0.717, 1.165) is 33.7 Å². The van der Waals surface area contributed by atoms with Gasteiger partial charge >= 0.3 is 0 Å². The summed E-state index contributed by atoms with van der Waals surface area (Å²) >= 11 is 0. The Balaban J connectivity index is 0.00000132. The van der Waals surface area contributed by atoms with E-state index in [9.17, 15) is 5.11 Å². The average molecular weight is 353 g/mol. The van der Waals surface area contributed by atoms with Crippen LogP contribution in [0.1, 0.15) is 5.69 Å². The zero-order valence-electron chi connectivity index (χ0n) is 12.7. The van der Waals surface area contributed by atoms with Gasteiger partial charge in [0.1, 0.15) is 11.5 Å². The molecule has 2 aromatic carbocycles. The number of rotatable bonds is 3. The van der Waals surface area contributed by atoms with Crippen molar-refractivity contribution in [3.8, 4) is 11.5 Å². The van der Waals surface area contributed by atoms with Crippen molar-refractivity contribution in [2.45, 2.75) is 6.92 Å². The highest BCUT2D eigenvalue weighted by Gasteiger charge is 2.06. The molecule has 23 heavy (non-hydrogen) atoms. The first kappa shape index (κ1) is 18.9. The summed E-state index contributed by atoms with van der Waals surface area (Å²) in [7, 11) is 1.64. The van der Waals surface area contributed by atoms with Gasteiger partial charge in [-0.25, -0.2) is 0 Å². The summed E-state index contributed by atoms with van der Waals surface area (Å²) in [5.74, 6) is 1.01. The summed E-state index contributed by atoms with van der Waals surface area (Å²) in [5, 5.41) is 13.9. The lowest BCUT2D eigenvalue weighted by molar-refractivity contribution is 0.415. The molecule has 0 spiro atoms. The molecule has 0 aliphatic carbocycles. The number of pyridine rings is 1. The van der Waals surface area contributed by atoms with Crippen LogP contribution in [-0.4, -0.2) is 17.2 Å². The largest absolute Gasteiger partial charge is 0.508 e. The molecule has 0 bridgehead atoms. The SMILES string of the molecule is COc1ccc2nc(C)cc(Nc3cccc(O)c3)c2c1.Cl.Cl. The third-order valence-electron chi connectivity index (χ3n) is 3.27. The van der Waals surface area contributed by atoms with E-state index < -0.39 is 0 Å². The molecular weight excluding hydrogens is 335 g/mol. The van der Waals surface area contributed by atoms with Gasteiger partial charge in [0.05, 0.1) is 12.6 Å². The second kappa shape index (κ2) is 7.90. The van der Waals surface area contributed by atoms with Crippen LogP contribution in [0.4, 0.5) is 11.4 Å². The van der Waals surface area contributed by atoms with Crippen LogP contribution in [0, 0.1) is 6.92 Å². The van der Waals surface area contributed by atoms with E-state index in [1.54, 1.807) is 25.3 Å². The highest BCUT2D eigenvalue weighted by molar-refractivity contribution is 5.94. The number of benzene rings is 2. The minimum Gasteiger partial charge on any atom is -0.508 e. The maximum atomic E-state index is 9.57. The van der Waals surface area contributed by atoms with Crippen molar-refractivity contribution in [1.29, 1.82) is 0 Å². The second-order valence-corrected chi connectivity index (χ2v) is 4.87. The molecule has 0 aliphatic heterocycles. The molecule has 1 heterocycles. The van der Waals surface area contributed by atoms with E-state index in [1.165, 1.54) is 0 Å². The van der Waals surface area contributed by atoms with Gasteiger partial charge in [-0.15, -0.1) is 24.8 Å². The minimum atomic E-state index is 0. The van der Waals surface area contributed by atoms with Crippen molar-refractivity contribution in [2.75, 3.05) is 12.4 Å². The van der Waals surface area contributed by atoms with Crippen LogP contribution in [-0.2, 0) is 0 Å². The van der Waals surface area contributed by atoms with Gasteiger partial charge in [-0.1, -0.05) is 6.07 Å². The molecule has 0 unspecified atom stereocenters. The van der Waals surface area contributed by atoms with Gasteiger partial charge in [-0.2, -0.15) is 0 Å². The van der Waals surface area contributed by atoms with Gasteiger partial charge in [0.25, 0.3) is 0 Å². The molecule has 0 fully saturated rings. The highest BCUT2D eigenvalue weighted by atomic mass is 35.5. The maximum absolute atomic E-state index is 9.57. The Morgan fingerprint density at radius 3 is 2.52 bits per heavy atom. The quantitative estimate of drug-likeness (QED) is 0.707. The van der Waals surface area contributed by atoms with E-state index in [4.69, 9.17) is 4.74 Å². The van der Waals surface area contributed by atoms with Crippen LogP contribution in [0.15, 0.2) is 48.5 Å². The standard InChI is InChI=1S/C17H16N2O2.2ClH/c1-11-8-17(19-12-4-3-5-13(20)9-12)15-10-14(21-2)6-7-16(15)18-11;;/h3-10,20H,1-2H3,(H,18,19);2*1H. The first-order valence-corrected chi connectivity index (χ1v) is 6.67. The molecule has 0 aliphatic rings. The fraction of sp³-hybridized carbons (Fsp3) is 0.118. The number of phenolic OH excluding ortho intramolecular Hbond substituents is 1. The van der Waals surface area contributed by atoms with Crippen molar-refractivity contribution in [1.82, 2.24) is 4.98 Å². The molecule has 3 rings (SSSR count). The van der Waals surface area contributed by atoms with Gasteiger partial charge in [-0.3, -0.25) is 4.98 Å². The molecule has 0 atom stereocenters. The number of nitrogens with zero attached hydrogens (tertiary/aromatic N) is 1. The number of aryl methyl sites for hydroxylation is 1. The van der Waals surface area contributed by atoms with Gasteiger partial charge in [0.2, 0.25) is 0 Å². The zero-order valence-corrected chi connectivity index (χ0v) is 14.4. The Bertz CT molecular complexity index is 810. The predicted molar refractivity (Wildman–Crippen MR) is 98.9 cm³/mol. The van der Waals surface area contributed by atoms with E-state index in [0.29, 0.717) is 0 Å². The lowest BCUT2D eigenvalue weighted by atomic mass is 10.1. The molecule has 4 nitrogen and oxygen atoms in total. The Hall–Kier alpha value is -2.17. The summed E-state index contributed by atoms with van der Waals surface area (Å²) in [4.78, 5) is 4.53. The first-order valence-electron chi connectivity index (χ1n) is 6.67. The summed E-state index contributed by atoms with van der Waals surface area (Å²) in [6.07, 6.45) is 0. The van der Waals surface area contributed by atoms with Gasteiger partial charge < -0.3 is 15.2 Å². The van der Waals surface area contributed by atoms with Crippen molar-refractivity contribution in [3.63, 3.8) is 0 Å². The topological polar surface area (TPSA) is 54.4 Å². The van der Waals surface area contributed by atoms with Crippen molar-refractivity contribution in [2.24, 2.45) is 0 Å². The molecule has 2 N–H and O–H groups in total. The third-order valence-corrected chi connectivity index (χ3v) is 3.27. The molecule has 0 saturated carbocycles. The van der Waals surface area contributed by atoms with Crippen LogP contribution >= 0.6 is 24.8 Å². The summed E-state index contributed by atoms with van der Waals surface area (Å²) in [6.45, 7) is 1.96. The number of anilines is 2. The van der Waals surface area contributed by atoms with Gasteiger partial charge in [0.15, 0.2) is 0 Å².